The van der Waals surface area contributed by atoms with Crippen LogP contribution in [0.15, 0.2) is 18.6 Å². The third kappa shape index (κ3) is 3.22. The van der Waals surface area contributed by atoms with Gasteiger partial charge in [0.15, 0.2) is 0 Å². The molecule has 2 nitrogen and oxygen atoms in total. The minimum Gasteiger partial charge on any atom is -0.345 e. The third-order valence-electron chi connectivity index (χ3n) is 3.33. The summed E-state index contributed by atoms with van der Waals surface area (Å²) < 4.78 is 0. The van der Waals surface area contributed by atoms with E-state index in [9.17, 15) is 0 Å². The Bertz CT molecular complexity index is 300. The zero-order chi connectivity index (χ0) is 10.5. The summed E-state index contributed by atoms with van der Waals surface area (Å²) in [5.41, 5.74) is 1.11. The van der Waals surface area contributed by atoms with Gasteiger partial charge in [-0.2, -0.15) is 0 Å². The standard InChI is InChI=1S/C13H20N2/c1-11-4-2-5-12(8-11)6-3-7-13-9-14-10-15-13/h3,7,9-12H,2,4-6,8H2,1H3,(H,14,15)/b7-3+. The first-order valence-electron chi connectivity index (χ1n) is 5.99. The highest BCUT2D eigenvalue weighted by atomic mass is 14.8. The molecule has 1 fully saturated rings. The summed E-state index contributed by atoms with van der Waals surface area (Å²) in [6.45, 7) is 2.38. The molecule has 1 aliphatic carbocycles. The van der Waals surface area contributed by atoms with Gasteiger partial charge >= 0.3 is 0 Å². The van der Waals surface area contributed by atoms with Crippen molar-refractivity contribution in [1.82, 2.24) is 9.97 Å². The maximum atomic E-state index is 3.99. The molecule has 1 aromatic rings. The molecule has 0 radical (unpaired) electrons. The SMILES string of the molecule is CC1CCCC(C/C=C/c2cnc[nH]2)C1. The summed E-state index contributed by atoms with van der Waals surface area (Å²) in [5.74, 6) is 1.84. The number of hydrogen-bond acceptors (Lipinski definition) is 1. The summed E-state index contributed by atoms with van der Waals surface area (Å²) in [6.07, 6.45) is 14.9. The van der Waals surface area contributed by atoms with Crippen LogP contribution in [0.5, 0.6) is 0 Å². The van der Waals surface area contributed by atoms with E-state index in [1.54, 1.807) is 6.33 Å². The smallest absolute Gasteiger partial charge is 0.0924 e. The molecule has 1 heterocycles. The van der Waals surface area contributed by atoms with Crippen molar-refractivity contribution in [2.24, 2.45) is 11.8 Å². The molecule has 0 spiro atoms. The van der Waals surface area contributed by atoms with E-state index in [0.717, 1.165) is 17.5 Å². The summed E-state index contributed by atoms with van der Waals surface area (Å²) in [7, 11) is 0. The highest BCUT2D eigenvalue weighted by Crippen LogP contribution is 2.30. The molecule has 0 bridgehead atoms. The van der Waals surface area contributed by atoms with Crippen LogP contribution in [0.3, 0.4) is 0 Å². The summed E-state index contributed by atoms with van der Waals surface area (Å²) in [4.78, 5) is 7.08. The van der Waals surface area contributed by atoms with Crippen LogP contribution < -0.4 is 0 Å². The second-order valence-corrected chi connectivity index (χ2v) is 4.78. The largest absolute Gasteiger partial charge is 0.345 e. The van der Waals surface area contributed by atoms with Crippen molar-refractivity contribution in [2.45, 2.75) is 39.0 Å². The van der Waals surface area contributed by atoms with Crippen molar-refractivity contribution in [3.63, 3.8) is 0 Å². The Morgan fingerprint density at radius 1 is 1.53 bits per heavy atom. The van der Waals surface area contributed by atoms with Crippen LogP contribution in [-0.4, -0.2) is 9.97 Å². The molecular weight excluding hydrogens is 184 g/mol. The maximum Gasteiger partial charge on any atom is 0.0924 e. The highest BCUT2D eigenvalue weighted by Gasteiger charge is 2.17. The molecule has 82 valence electrons. The van der Waals surface area contributed by atoms with E-state index in [1.807, 2.05) is 6.20 Å². The Labute approximate surface area is 91.8 Å². The van der Waals surface area contributed by atoms with E-state index in [0.29, 0.717) is 0 Å². The van der Waals surface area contributed by atoms with E-state index in [2.05, 4.69) is 29.0 Å². The number of allylic oxidation sites excluding steroid dienone is 1. The lowest BCUT2D eigenvalue weighted by Gasteiger charge is -2.25. The average molecular weight is 204 g/mol. The van der Waals surface area contributed by atoms with Gasteiger partial charge in [0, 0.05) is 0 Å². The van der Waals surface area contributed by atoms with E-state index >= 15 is 0 Å². The first kappa shape index (κ1) is 10.5. The van der Waals surface area contributed by atoms with E-state index in [1.165, 1.54) is 32.1 Å². The molecule has 0 saturated heterocycles. The van der Waals surface area contributed by atoms with Gasteiger partial charge in [-0.15, -0.1) is 0 Å². The van der Waals surface area contributed by atoms with Gasteiger partial charge in [0.1, 0.15) is 0 Å². The van der Waals surface area contributed by atoms with Gasteiger partial charge < -0.3 is 4.98 Å². The first-order chi connectivity index (χ1) is 7.34. The minimum atomic E-state index is 0.910. The maximum absolute atomic E-state index is 3.99. The van der Waals surface area contributed by atoms with Crippen molar-refractivity contribution in [1.29, 1.82) is 0 Å². The van der Waals surface area contributed by atoms with Crippen LogP contribution in [0.1, 0.15) is 44.7 Å². The Morgan fingerprint density at radius 3 is 3.20 bits per heavy atom. The number of nitrogens with one attached hydrogen (secondary N) is 1. The Kier molecular flexibility index (Phi) is 3.59. The van der Waals surface area contributed by atoms with Gasteiger partial charge in [0.25, 0.3) is 0 Å². The van der Waals surface area contributed by atoms with Gasteiger partial charge in [0.2, 0.25) is 0 Å². The van der Waals surface area contributed by atoms with Crippen molar-refractivity contribution < 1.29 is 0 Å². The zero-order valence-corrected chi connectivity index (χ0v) is 9.45. The first-order valence-corrected chi connectivity index (χ1v) is 5.99. The molecule has 1 saturated carbocycles. The molecule has 1 aromatic heterocycles. The Balaban J connectivity index is 1.77. The molecule has 0 aliphatic heterocycles. The molecule has 2 unspecified atom stereocenters. The summed E-state index contributed by atoms with van der Waals surface area (Å²) in [6, 6.07) is 0. The molecule has 1 N–H and O–H groups in total. The van der Waals surface area contributed by atoms with E-state index in [-0.39, 0.29) is 0 Å². The van der Waals surface area contributed by atoms with Gasteiger partial charge in [-0.1, -0.05) is 32.3 Å². The lowest BCUT2D eigenvalue weighted by atomic mass is 9.81. The number of imidazole rings is 1. The number of H-pyrrole nitrogens is 1. The van der Waals surface area contributed by atoms with Crippen molar-refractivity contribution >= 4 is 6.08 Å². The van der Waals surface area contributed by atoms with Crippen molar-refractivity contribution in [2.75, 3.05) is 0 Å². The molecule has 15 heavy (non-hydrogen) atoms. The van der Waals surface area contributed by atoms with Crippen LogP contribution in [0, 0.1) is 11.8 Å². The quantitative estimate of drug-likeness (QED) is 0.800. The van der Waals surface area contributed by atoms with Crippen LogP contribution >= 0.6 is 0 Å². The van der Waals surface area contributed by atoms with Gasteiger partial charge in [-0.3, -0.25) is 0 Å². The van der Waals surface area contributed by atoms with Gasteiger partial charge in [-0.25, -0.2) is 4.98 Å². The lowest BCUT2D eigenvalue weighted by Crippen LogP contribution is -2.12. The molecule has 2 rings (SSSR count). The van der Waals surface area contributed by atoms with Gasteiger partial charge in [0.05, 0.1) is 18.2 Å². The Morgan fingerprint density at radius 2 is 2.47 bits per heavy atom. The number of hydrogen-bond donors (Lipinski definition) is 1. The van der Waals surface area contributed by atoms with Crippen LogP contribution in [-0.2, 0) is 0 Å². The second-order valence-electron chi connectivity index (χ2n) is 4.78. The predicted molar refractivity (Wildman–Crippen MR) is 63.4 cm³/mol. The molecule has 2 heteroatoms. The van der Waals surface area contributed by atoms with E-state index < -0.39 is 0 Å². The molecule has 1 aliphatic rings. The predicted octanol–water partition coefficient (Wildman–Crippen LogP) is 3.64. The highest BCUT2D eigenvalue weighted by molar-refractivity contribution is 5.42. The lowest BCUT2D eigenvalue weighted by molar-refractivity contribution is 0.285. The Hall–Kier alpha value is -1.05. The topological polar surface area (TPSA) is 28.7 Å². The molecule has 2 atom stereocenters. The molecular formula is C13H20N2. The number of rotatable bonds is 3. The normalized spacial score (nSPS) is 27.3. The fraction of sp³-hybridized carbons (Fsp3) is 0.615. The number of aromatic amines is 1. The van der Waals surface area contributed by atoms with E-state index in [4.69, 9.17) is 0 Å². The zero-order valence-electron chi connectivity index (χ0n) is 9.45. The summed E-state index contributed by atoms with van der Waals surface area (Å²) >= 11 is 0. The fourth-order valence-corrected chi connectivity index (χ4v) is 2.52. The van der Waals surface area contributed by atoms with Crippen LogP contribution in [0.25, 0.3) is 6.08 Å². The summed E-state index contributed by atoms with van der Waals surface area (Å²) in [5, 5.41) is 0. The molecule has 0 aromatic carbocycles. The fourth-order valence-electron chi connectivity index (χ4n) is 2.52. The third-order valence-corrected chi connectivity index (χ3v) is 3.33. The minimum absolute atomic E-state index is 0.910. The van der Waals surface area contributed by atoms with Crippen LogP contribution in [0.4, 0.5) is 0 Å². The van der Waals surface area contributed by atoms with Crippen molar-refractivity contribution in [3.05, 3.63) is 24.3 Å². The second kappa shape index (κ2) is 5.15. The number of aromatic nitrogens is 2. The van der Waals surface area contributed by atoms with Crippen molar-refractivity contribution in [3.8, 4) is 0 Å². The van der Waals surface area contributed by atoms with Gasteiger partial charge in [-0.05, 0) is 30.8 Å². The monoisotopic (exact) mass is 204 g/mol. The molecule has 0 amide bonds. The number of nitrogens with zero attached hydrogens (tertiary/aromatic N) is 1. The van der Waals surface area contributed by atoms with Crippen LogP contribution in [0.2, 0.25) is 0 Å². The average Bonchev–Trinajstić information content (AvgIpc) is 2.71.